The van der Waals surface area contributed by atoms with Gasteiger partial charge in [0.25, 0.3) is 0 Å². The number of pyridine rings is 1. The summed E-state index contributed by atoms with van der Waals surface area (Å²) in [6.07, 6.45) is 2.69. The highest BCUT2D eigenvalue weighted by Crippen LogP contribution is 2.30. The average Bonchev–Trinajstić information content (AvgIpc) is 2.33. The molecule has 0 atom stereocenters. The van der Waals surface area contributed by atoms with Crippen molar-refractivity contribution in [2.24, 2.45) is 0 Å². The van der Waals surface area contributed by atoms with Crippen molar-refractivity contribution in [1.82, 2.24) is 4.98 Å². The molecule has 0 unspecified atom stereocenters. The van der Waals surface area contributed by atoms with E-state index in [-0.39, 0.29) is 11.7 Å². The number of hydrogen-bond acceptors (Lipinski definition) is 3. The Kier molecular flexibility index (Phi) is 3.23. The van der Waals surface area contributed by atoms with Crippen molar-refractivity contribution in [1.29, 1.82) is 0 Å². The maximum Gasteiger partial charge on any atom is 0.224 e. The summed E-state index contributed by atoms with van der Waals surface area (Å²) >= 11 is 0. The van der Waals surface area contributed by atoms with Crippen LogP contribution in [0.4, 0.5) is 5.69 Å². The number of hydrogen-bond donors (Lipinski definition) is 2. The van der Waals surface area contributed by atoms with Crippen LogP contribution in [-0.2, 0) is 4.79 Å². The molecule has 88 valence electrons. The zero-order chi connectivity index (χ0) is 12.3. The van der Waals surface area contributed by atoms with Gasteiger partial charge >= 0.3 is 0 Å². The van der Waals surface area contributed by atoms with E-state index in [0.29, 0.717) is 23.0 Å². The van der Waals surface area contributed by atoms with Gasteiger partial charge in [-0.25, -0.2) is 0 Å². The van der Waals surface area contributed by atoms with Crippen LogP contribution < -0.4 is 5.32 Å². The molecule has 1 heterocycles. The smallest absolute Gasteiger partial charge is 0.224 e. The van der Waals surface area contributed by atoms with E-state index in [4.69, 9.17) is 0 Å². The van der Waals surface area contributed by atoms with Crippen LogP contribution in [-0.4, -0.2) is 16.0 Å². The van der Waals surface area contributed by atoms with Gasteiger partial charge in [0.15, 0.2) is 0 Å². The molecule has 0 aliphatic carbocycles. The van der Waals surface area contributed by atoms with E-state index in [2.05, 4.69) is 10.3 Å². The van der Waals surface area contributed by atoms with Crippen molar-refractivity contribution in [3.05, 3.63) is 30.5 Å². The van der Waals surface area contributed by atoms with E-state index in [0.717, 1.165) is 6.42 Å². The number of benzene rings is 1. The Balaban J connectivity index is 2.36. The van der Waals surface area contributed by atoms with E-state index < -0.39 is 0 Å². The first-order valence-electron chi connectivity index (χ1n) is 5.59. The third-order valence-corrected chi connectivity index (χ3v) is 2.50. The van der Waals surface area contributed by atoms with Crippen molar-refractivity contribution >= 4 is 22.5 Å². The van der Waals surface area contributed by atoms with Crippen LogP contribution in [0.2, 0.25) is 0 Å². The zero-order valence-corrected chi connectivity index (χ0v) is 9.60. The Hall–Kier alpha value is -2.10. The van der Waals surface area contributed by atoms with Gasteiger partial charge in [0.1, 0.15) is 11.4 Å². The second kappa shape index (κ2) is 4.82. The molecule has 2 aromatic rings. The fraction of sp³-hybridized carbons (Fsp3) is 0.231. The first-order chi connectivity index (χ1) is 8.22. The van der Waals surface area contributed by atoms with Crippen LogP contribution in [0.25, 0.3) is 10.9 Å². The van der Waals surface area contributed by atoms with Crippen LogP contribution in [0, 0.1) is 0 Å². The molecule has 1 amide bonds. The number of para-hydroxylation sites is 1. The number of aromatic nitrogens is 1. The average molecular weight is 230 g/mol. The van der Waals surface area contributed by atoms with Crippen LogP contribution >= 0.6 is 0 Å². The number of nitrogens with zero attached hydrogens (tertiary/aromatic N) is 1. The van der Waals surface area contributed by atoms with E-state index in [9.17, 15) is 9.90 Å². The highest BCUT2D eigenvalue weighted by atomic mass is 16.3. The van der Waals surface area contributed by atoms with Crippen molar-refractivity contribution in [2.45, 2.75) is 19.8 Å². The topological polar surface area (TPSA) is 62.2 Å². The monoisotopic (exact) mass is 230 g/mol. The third-order valence-electron chi connectivity index (χ3n) is 2.50. The third kappa shape index (κ3) is 2.36. The van der Waals surface area contributed by atoms with Crippen molar-refractivity contribution in [3.63, 3.8) is 0 Å². The zero-order valence-electron chi connectivity index (χ0n) is 9.60. The molecule has 2 rings (SSSR count). The molecular weight excluding hydrogens is 216 g/mol. The summed E-state index contributed by atoms with van der Waals surface area (Å²) in [6.45, 7) is 1.93. The number of fused-ring (bicyclic) bond motifs is 1. The first kappa shape index (κ1) is 11.4. The lowest BCUT2D eigenvalue weighted by Crippen LogP contribution is -2.10. The van der Waals surface area contributed by atoms with Gasteiger partial charge in [0.05, 0.1) is 11.7 Å². The number of carbonyl (C=O) groups is 1. The number of nitrogens with one attached hydrogen (secondary N) is 1. The lowest BCUT2D eigenvalue weighted by molar-refractivity contribution is -0.116. The number of aromatic hydroxyl groups is 1. The molecule has 0 aliphatic heterocycles. The van der Waals surface area contributed by atoms with Gasteiger partial charge in [-0.05, 0) is 18.6 Å². The molecule has 17 heavy (non-hydrogen) atoms. The maximum absolute atomic E-state index is 11.5. The molecule has 0 fully saturated rings. The van der Waals surface area contributed by atoms with E-state index >= 15 is 0 Å². The molecule has 0 spiro atoms. The molecule has 0 saturated carbocycles. The number of amides is 1. The number of carbonyl (C=O) groups excluding carboxylic acids is 1. The van der Waals surface area contributed by atoms with E-state index in [1.165, 1.54) is 6.20 Å². The maximum atomic E-state index is 11.5. The second-order valence-corrected chi connectivity index (χ2v) is 3.84. The molecule has 0 aliphatic rings. The normalized spacial score (nSPS) is 10.4. The van der Waals surface area contributed by atoms with E-state index in [1.54, 1.807) is 6.07 Å². The Morgan fingerprint density at radius 1 is 1.41 bits per heavy atom. The lowest BCUT2D eigenvalue weighted by atomic mass is 10.2. The largest absolute Gasteiger partial charge is 0.505 e. The summed E-state index contributed by atoms with van der Waals surface area (Å²) in [5.74, 6) is -0.0417. The molecule has 1 aromatic heterocycles. The minimum absolute atomic E-state index is 0.0695. The van der Waals surface area contributed by atoms with Gasteiger partial charge < -0.3 is 10.4 Å². The minimum Gasteiger partial charge on any atom is -0.505 e. The second-order valence-electron chi connectivity index (χ2n) is 3.84. The summed E-state index contributed by atoms with van der Waals surface area (Å²) in [5.41, 5.74) is 1.07. The van der Waals surface area contributed by atoms with Crippen LogP contribution in [0.3, 0.4) is 0 Å². The SMILES string of the molecule is CCCC(=O)Nc1cnc2ccccc2c1O. The predicted molar refractivity (Wildman–Crippen MR) is 66.9 cm³/mol. The number of rotatable bonds is 3. The van der Waals surface area contributed by atoms with Gasteiger partial charge in [-0.1, -0.05) is 19.1 Å². The van der Waals surface area contributed by atoms with Gasteiger partial charge in [0.2, 0.25) is 5.91 Å². The van der Waals surface area contributed by atoms with Gasteiger partial charge in [-0.3, -0.25) is 9.78 Å². The summed E-state index contributed by atoms with van der Waals surface area (Å²) in [4.78, 5) is 15.6. The molecular formula is C13H14N2O2. The molecule has 4 nitrogen and oxygen atoms in total. The molecule has 0 bridgehead atoms. The van der Waals surface area contributed by atoms with E-state index in [1.807, 2.05) is 25.1 Å². The van der Waals surface area contributed by atoms with Crippen LogP contribution in [0.15, 0.2) is 30.5 Å². The van der Waals surface area contributed by atoms with Crippen molar-refractivity contribution < 1.29 is 9.90 Å². The number of anilines is 1. The Labute approximate surface area is 99.3 Å². The quantitative estimate of drug-likeness (QED) is 0.852. The van der Waals surface area contributed by atoms with Gasteiger partial charge in [0, 0.05) is 11.8 Å². The summed E-state index contributed by atoms with van der Waals surface area (Å²) in [7, 11) is 0. The molecule has 1 aromatic carbocycles. The summed E-state index contributed by atoms with van der Waals surface area (Å²) < 4.78 is 0. The Morgan fingerprint density at radius 3 is 2.94 bits per heavy atom. The standard InChI is InChI=1S/C13H14N2O2/c1-2-5-12(16)15-11-8-14-10-7-4-3-6-9(10)13(11)17/h3-4,6-8H,2,5H2,1H3,(H,14,17)(H,15,16). The predicted octanol–water partition coefficient (Wildman–Crippen LogP) is 2.68. The fourth-order valence-corrected chi connectivity index (χ4v) is 1.66. The Morgan fingerprint density at radius 2 is 2.18 bits per heavy atom. The highest BCUT2D eigenvalue weighted by Gasteiger charge is 2.09. The molecule has 0 radical (unpaired) electrons. The summed E-state index contributed by atoms with van der Waals surface area (Å²) in [6, 6.07) is 7.26. The minimum atomic E-state index is -0.111. The molecule has 2 N–H and O–H groups in total. The van der Waals surface area contributed by atoms with Gasteiger partial charge in [-0.2, -0.15) is 0 Å². The van der Waals surface area contributed by atoms with Crippen molar-refractivity contribution in [2.75, 3.05) is 5.32 Å². The Bertz CT molecular complexity index is 552. The molecule has 0 saturated heterocycles. The van der Waals surface area contributed by atoms with Crippen LogP contribution in [0.5, 0.6) is 5.75 Å². The highest BCUT2D eigenvalue weighted by molar-refractivity contribution is 5.97. The van der Waals surface area contributed by atoms with Gasteiger partial charge in [-0.15, -0.1) is 0 Å². The van der Waals surface area contributed by atoms with Crippen molar-refractivity contribution in [3.8, 4) is 5.75 Å². The molecule has 4 heteroatoms. The first-order valence-corrected chi connectivity index (χ1v) is 5.59. The summed E-state index contributed by atoms with van der Waals surface area (Å²) in [5, 5.41) is 13.3. The van der Waals surface area contributed by atoms with Crippen LogP contribution in [0.1, 0.15) is 19.8 Å². The fourth-order valence-electron chi connectivity index (χ4n) is 1.66. The lowest BCUT2D eigenvalue weighted by Gasteiger charge is -2.08.